The summed E-state index contributed by atoms with van der Waals surface area (Å²) in [6.45, 7) is -0.195. The number of methoxy groups -OCH3 is 1. The number of nitrogens with two attached hydrogens (primary N) is 1. The van der Waals surface area contributed by atoms with Gasteiger partial charge in [0.2, 0.25) is 0 Å². The Kier molecular flexibility index (Phi) is 11.8. The Morgan fingerprint density at radius 1 is 1.12 bits per heavy atom. The second-order valence-electron chi connectivity index (χ2n) is 11.7. The van der Waals surface area contributed by atoms with E-state index >= 15 is 0 Å². The van der Waals surface area contributed by atoms with Crippen LogP contribution in [0.25, 0.3) is 0 Å². The Morgan fingerprint density at radius 2 is 1.88 bits per heavy atom. The number of nitrogens with zero attached hydrogens (tertiary/aromatic N) is 2. The van der Waals surface area contributed by atoms with Gasteiger partial charge in [-0.05, 0) is 60.4 Å². The number of aromatic nitrogens is 2. The summed E-state index contributed by atoms with van der Waals surface area (Å²) in [4.78, 5) is 33.9. The van der Waals surface area contributed by atoms with Gasteiger partial charge in [-0.15, -0.1) is 0 Å². The lowest BCUT2D eigenvalue weighted by Gasteiger charge is -2.29. The molecule has 5 N–H and O–H groups in total. The number of nitrogen functional groups attached to an aromatic ring is 1. The van der Waals surface area contributed by atoms with Crippen molar-refractivity contribution >= 4 is 17.4 Å². The monoisotopic (exact) mass is 590 g/mol. The second-order valence-corrected chi connectivity index (χ2v) is 11.7. The fraction of sp³-hybridized carbons (Fsp3) is 0.500. The van der Waals surface area contributed by atoms with Crippen molar-refractivity contribution in [1.82, 2.24) is 9.97 Å². The van der Waals surface area contributed by atoms with E-state index in [2.05, 4.69) is 9.97 Å². The Morgan fingerprint density at radius 3 is 2.56 bits per heavy atom. The first-order valence-corrected chi connectivity index (χ1v) is 15.3. The van der Waals surface area contributed by atoms with Crippen molar-refractivity contribution in [1.29, 1.82) is 0 Å². The zero-order valence-corrected chi connectivity index (χ0v) is 25.0. The summed E-state index contributed by atoms with van der Waals surface area (Å²) >= 11 is 0. The van der Waals surface area contributed by atoms with Crippen LogP contribution in [0.4, 0.5) is 5.82 Å². The lowest BCUT2D eigenvalue weighted by Crippen LogP contribution is -2.30. The number of aliphatic hydroxyl groups excluding tert-OH is 2. The summed E-state index contributed by atoms with van der Waals surface area (Å²) in [6.07, 6.45) is 10.3. The number of ether oxygens (including phenoxy) is 1. The Labute approximate surface area is 253 Å². The average Bonchev–Trinajstić information content (AvgIpc) is 3.54. The van der Waals surface area contributed by atoms with E-state index in [1.165, 1.54) is 39.2 Å². The van der Waals surface area contributed by atoms with Gasteiger partial charge in [0.05, 0.1) is 7.11 Å². The van der Waals surface area contributed by atoms with Gasteiger partial charge < -0.3 is 30.8 Å². The molecule has 9 heteroatoms. The van der Waals surface area contributed by atoms with Crippen molar-refractivity contribution in [2.24, 2.45) is 11.8 Å². The number of ketones is 2. The van der Waals surface area contributed by atoms with Gasteiger partial charge in [-0.2, -0.15) is 11.9 Å². The fourth-order valence-corrected chi connectivity index (χ4v) is 6.36. The molecule has 2 heterocycles. The van der Waals surface area contributed by atoms with E-state index in [4.69, 9.17) is 10.5 Å². The predicted octanol–water partition coefficient (Wildman–Crippen LogP) is 4.50. The van der Waals surface area contributed by atoms with Gasteiger partial charge >= 0.3 is 0 Å². The fourth-order valence-electron chi connectivity index (χ4n) is 6.36. The van der Waals surface area contributed by atoms with Gasteiger partial charge in [0.25, 0.3) is 0 Å². The topological polar surface area (TPSA) is 157 Å². The molecule has 0 amide bonds. The molecule has 0 radical (unpaired) electrons. The maximum atomic E-state index is 12.8. The maximum absolute atomic E-state index is 12.8. The molecule has 43 heavy (non-hydrogen) atoms. The zero-order valence-electron chi connectivity index (χ0n) is 25.0. The number of carbonyl (C=O) groups is 2. The molecule has 1 saturated carbocycles. The van der Waals surface area contributed by atoms with Crippen LogP contribution in [0, 0.1) is 11.8 Å². The third-order valence-corrected chi connectivity index (χ3v) is 8.71. The standard InChI is InChI=1S/C34H44N3O6/c1-43-30-18-23(12-13-29(40)34(42)28(39)11-5-9-22-7-3-2-4-8-22)17-27(33(30)41)32(24-14-16-37-31(35)20-24)25(21-38)19-26-10-6-15-36-26/h6,10,14-18,20,22,25,32,34,38,41-42H,2-5,7-9,11-13,19,21H2,1H3,(H2,35,37)/q-1. The Bertz CT molecular complexity index is 1340. The predicted molar refractivity (Wildman–Crippen MR) is 164 cm³/mol. The molecule has 1 fully saturated rings. The average molecular weight is 591 g/mol. The largest absolute Gasteiger partial charge is 0.668 e. The molecule has 3 atom stereocenters. The molecular weight excluding hydrogens is 546 g/mol. The molecule has 232 valence electrons. The highest BCUT2D eigenvalue weighted by Crippen LogP contribution is 2.43. The normalized spacial score (nSPS) is 16.0. The molecule has 1 aliphatic rings. The molecule has 0 saturated heterocycles. The lowest BCUT2D eigenvalue weighted by atomic mass is 9.78. The quantitative estimate of drug-likeness (QED) is 0.176. The van der Waals surface area contributed by atoms with Crippen LogP contribution < -0.4 is 15.5 Å². The minimum atomic E-state index is -1.63. The number of pyridine rings is 1. The van der Waals surface area contributed by atoms with Crippen LogP contribution in [0.2, 0.25) is 0 Å². The maximum Gasteiger partial charge on any atom is 0.170 e. The number of hydrogen-bond acceptors (Lipinski definition) is 8. The number of carbonyl (C=O) groups excluding carboxylic acids is 2. The Balaban J connectivity index is 1.51. The highest BCUT2D eigenvalue weighted by Gasteiger charge is 2.30. The highest BCUT2D eigenvalue weighted by atomic mass is 16.5. The molecule has 1 aromatic carbocycles. The molecule has 2 aromatic heterocycles. The van der Waals surface area contributed by atoms with E-state index in [0.717, 1.165) is 17.7 Å². The molecule has 0 bridgehead atoms. The minimum Gasteiger partial charge on any atom is -0.668 e. The summed E-state index contributed by atoms with van der Waals surface area (Å²) in [5.74, 6) is -0.750. The van der Waals surface area contributed by atoms with Crippen LogP contribution in [0.15, 0.2) is 48.8 Å². The minimum absolute atomic E-state index is 0.0450. The number of phenols is 1. The first-order valence-electron chi connectivity index (χ1n) is 15.3. The summed E-state index contributed by atoms with van der Waals surface area (Å²) in [7, 11) is 1.44. The first-order chi connectivity index (χ1) is 20.8. The molecule has 0 spiro atoms. The highest BCUT2D eigenvalue weighted by molar-refractivity contribution is 6.05. The summed E-state index contributed by atoms with van der Waals surface area (Å²) in [6, 6.07) is 10.6. The van der Waals surface area contributed by atoms with Gasteiger partial charge in [0.1, 0.15) is 5.82 Å². The lowest BCUT2D eigenvalue weighted by molar-refractivity contribution is -0.138. The summed E-state index contributed by atoms with van der Waals surface area (Å²) < 4.78 is 5.49. The van der Waals surface area contributed by atoms with Crippen LogP contribution in [0.3, 0.4) is 0 Å². The van der Waals surface area contributed by atoms with Crippen LogP contribution in [0.1, 0.15) is 86.1 Å². The van der Waals surface area contributed by atoms with E-state index in [-0.39, 0.29) is 43.3 Å². The molecule has 4 rings (SSSR count). The number of Topliss-reactive ketones (excluding diaryl/α,β-unsaturated/α-hetero) is 2. The van der Waals surface area contributed by atoms with Gasteiger partial charge in [0.15, 0.2) is 29.2 Å². The van der Waals surface area contributed by atoms with E-state index in [1.807, 2.05) is 12.1 Å². The first kappa shape index (κ1) is 32.2. The molecule has 0 aliphatic heterocycles. The molecule has 3 unspecified atom stereocenters. The molecular formula is C34H44N3O6-. The van der Waals surface area contributed by atoms with Crippen molar-refractivity contribution in [3.05, 3.63) is 71.2 Å². The number of phenolic OH excluding ortho intramolecular Hbond substituents is 1. The molecule has 1 aliphatic carbocycles. The number of rotatable bonds is 16. The van der Waals surface area contributed by atoms with Crippen molar-refractivity contribution in [3.63, 3.8) is 0 Å². The van der Waals surface area contributed by atoms with Crippen molar-refractivity contribution in [2.75, 3.05) is 19.5 Å². The van der Waals surface area contributed by atoms with Crippen molar-refractivity contribution in [3.8, 4) is 11.5 Å². The third kappa shape index (κ3) is 8.67. The summed E-state index contributed by atoms with van der Waals surface area (Å²) in [5, 5.41) is 32.3. The SMILES string of the molecule is COc1cc(CCC(=O)C(O)C(=O)CCCC2CCCCC2)cc(C(c2ccnc(N)c2)C(CO)Cc2ccc[n-]2)c1O. The number of aryl methyl sites for hydroxylation is 1. The van der Waals surface area contributed by atoms with E-state index in [0.29, 0.717) is 35.7 Å². The van der Waals surface area contributed by atoms with E-state index in [1.54, 1.807) is 36.7 Å². The third-order valence-electron chi connectivity index (χ3n) is 8.71. The van der Waals surface area contributed by atoms with E-state index in [9.17, 15) is 24.9 Å². The van der Waals surface area contributed by atoms with Gasteiger partial charge in [-0.3, -0.25) is 9.59 Å². The number of benzene rings is 1. The van der Waals surface area contributed by atoms with E-state index < -0.39 is 23.6 Å². The van der Waals surface area contributed by atoms with Crippen LogP contribution in [-0.2, 0) is 22.4 Å². The molecule has 3 aromatic rings. The number of aliphatic hydroxyl groups is 2. The number of hydrogen-bond donors (Lipinski definition) is 4. The molecule has 9 nitrogen and oxygen atoms in total. The van der Waals surface area contributed by atoms with Crippen molar-refractivity contribution < 1.29 is 29.6 Å². The Hall–Kier alpha value is -3.69. The van der Waals surface area contributed by atoms with Gasteiger partial charge in [-0.25, -0.2) is 4.98 Å². The van der Waals surface area contributed by atoms with Crippen LogP contribution >= 0.6 is 0 Å². The number of anilines is 1. The summed E-state index contributed by atoms with van der Waals surface area (Å²) in [5.41, 5.74) is 8.75. The van der Waals surface area contributed by atoms with Gasteiger partial charge in [0, 0.05) is 37.1 Å². The zero-order chi connectivity index (χ0) is 30.8. The van der Waals surface area contributed by atoms with Crippen molar-refractivity contribution in [2.45, 2.75) is 82.7 Å². The van der Waals surface area contributed by atoms with Crippen LogP contribution in [0.5, 0.6) is 11.5 Å². The number of aromatic hydroxyl groups is 1. The second kappa shape index (κ2) is 15.7. The smallest absolute Gasteiger partial charge is 0.170 e. The van der Waals surface area contributed by atoms with Crippen LogP contribution in [-0.4, -0.2) is 51.7 Å². The van der Waals surface area contributed by atoms with Gasteiger partial charge in [-0.1, -0.05) is 56.7 Å².